The van der Waals surface area contributed by atoms with Crippen LogP contribution in [0.1, 0.15) is 31.9 Å². The third-order valence-corrected chi connectivity index (χ3v) is 3.49. The van der Waals surface area contributed by atoms with Gasteiger partial charge in [0, 0.05) is 12.1 Å². The summed E-state index contributed by atoms with van der Waals surface area (Å²) in [6.07, 6.45) is 0. The molecule has 0 radical (unpaired) electrons. The molecule has 0 aliphatic rings. The summed E-state index contributed by atoms with van der Waals surface area (Å²) in [4.78, 5) is 13.3. The predicted octanol–water partition coefficient (Wildman–Crippen LogP) is 2.69. The van der Waals surface area contributed by atoms with Crippen molar-refractivity contribution in [2.75, 3.05) is 13.7 Å². The molecule has 0 atom stereocenters. The third kappa shape index (κ3) is 3.47. The number of carbonyl (C=O) groups is 1. The van der Waals surface area contributed by atoms with Crippen LogP contribution < -0.4 is 4.74 Å². The van der Waals surface area contributed by atoms with Crippen LogP contribution in [-0.2, 0) is 11.3 Å². The van der Waals surface area contributed by atoms with E-state index in [9.17, 15) is 9.90 Å². The summed E-state index contributed by atoms with van der Waals surface area (Å²) in [6, 6.07) is 5.95. The molecule has 0 aliphatic heterocycles. The van der Waals surface area contributed by atoms with E-state index in [2.05, 4.69) is 0 Å². The quantitative estimate of drug-likeness (QED) is 0.859. The van der Waals surface area contributed by atoms with Crippen molar-refractivity contribution in [2.24, 2.45) is 0 Å². The number of likely N-dealkylation sites (N-methyl/N-ethyl adjacent to an activating group) is 1. The van der Waals surface area contributed by atoms with Gasteiger partial charge >= 0.3 is 5.97 Å². The number of hydrogen-bond donors (Lipinski definition) is 1. The second-order valence-corrected chi connectivity index (χ2v) is 5.19. The van der Waals surface area contributed by atoms with E-state index in [1.165, 1.54) is 0 Å². The molecule has 0 bridgehead atoms. The molecule has 19 heavy (non-hydrogen) atoms. The molecule has 1 N–H and O–H groups in total. The number of rotatable bonds is 6. The van der Waals surface area contributed by atoms with Gasteiger partial charge < -0.3 is 9.84 Å². The molecule has 0 aliphatic carbocycles. The fraction of sp³-hybridized carbons (Fsp3) is 0.533. The number of aliphatic carboxylic acids is 1. The molecule has 1 aromatic rings. The Kier molecular flexibility index (Phi) is 4.95. The van der Waals surface area contributed by atoms with Crippen molar-refractivity contribution in [2.45, 2.75) is 39.8 Å². The van der Waals surface area contributed by atoms with Crippen molar-refractivity contribution >= 4 is 5.97 Å². The zero-order valence-electron chi connectivity index (χ0n) is 12.4. The van der Waals surface area contributed by atoms with E-state index in [0.717, 1.165) is 16.9 Å². The topological polar surface area (TPSA) is 49.8 Å². The monoisotopic (exact) mass is 265 g/mol. The molecule has 0 saturated carbocycles. The summed E-state index contributed by atoms with van der Waals surface area (Å²) < 4.78 is 5.34. The Bertz CT molecular complexity index is 455. The lowest BCUT2D eigenvalue weighted by molar-refractivity contribution is -0.149. The first kappa shape index (κ1) is 15.5. The summed E-state index contributed by atoms with van der Waals surface area (Å²) in [5.74, 6) is -0.0220. The number of nitrogens with zero attached hydrogens (tertiary/aromatic N) is 1. The van der Waals surface area contributed by atoms with Gasteiger partial charge in [-0.1, -0.05) is 24.6 Å². The average Bonchev–Trinajstić information content (AvgIpc) is 2.35. The number of carboxylic acids is 1. The minimum absolute atomic E-state index is 0.556. The summed E-state index contributed by atoms with van der Waals surface area (Å²) >= 11 is 0. The smallest absolute Gasteiger partial charge is 0.323 e. The Hall–Kier alpha value is -1.55. The predicted molar refractivity (Wildman–Crippen MR) is 75.5 cm³/mol. The number of methoxy groups -OCH3 is 1. The number of carboxylic acid groups (broad SMARTS) is 1. The highest BCUT2D eigenvalue weighted by Gasteiger charge is 2.33. The Morgan fingerprint density at radius 2 is 2.05 bits per heavy atom. The molecule has 0 spiro atoms. The highest BCUT2D eigenvalue weighted by molar-refractivity contribution is 5.77. The number of aryl methyl sites for hydroxylation is 1. The van der Waals surface area contributed by atoms with Crippen molar-refractivity contribution in [3.05, 3.63) is 29.3 Å². The molecule has 0 fully saturated rings. The van der Waals surface area contributed by atoms with Crippen LogP contribution in [-0.4, -0.2) is 35.2 Å². The SMILES string of the molecule is CCN(Cc1cc(C)ccc1OC)C(C)(C)C(=O)O. The summed E-state index contributed by atoms with van der Waals surface area (Å²) in [6.45, 7) is 8.65. The van der Waals surface area contributed by atoms with Crippen LogP contribution in [0, 0.1) is 6.92 Å². The molecular formula is C15H23NO3. The number of ether oxygens (including phenoxy) is 1. The van der Waals surface area contributed by atoms with Crippen LogP contribution in [0.4, 0.5) is 0 Å². The largest absolute Gasteiger partial charge is 0.496 e. The van der Waals surface area contributed by atoms with Crippen molar-refractivity contribution in [3.63, 3.8) is 0 Å². The van der Waals surface area contributed by atoms with Gasteiger partial charge in [-0.3, -0.25) is 9.69 Å². The first-order valence-electron chi connectivity index (χ1n) is 6.44. The minimum Gasteiger partial charge on any atom is -0.496 e. The fourth-order valence-corrected chi connectivity index (χ4v) is 2.08. The zero-order chi connectivity index (χ0) is 14.6. The highest BCUT2D eigenvalue weighted by atomic mass is 16.5. The van der Waals surface area contributed by atoms with Gasteiger partial charge in [0.25, 0.3) is 0 Å². The van der Waals surface area contributed by atoms with Gasteiger partial charge in [-0.25, -0.2) is 0 Å². The van der Waals surface area contributed by atoms with E-state index in [4.69, 9.17) is 4.74 Å². The fourth-order valence-electron chi connectivity index (χ4n) is 2.08. The summed E-state index contributed by atoms with van der Waals surface area (Å²) in [7, 11) is 1.63. The van der Waals surface area contributed by atoms with Gasteiger partial charge in [0.1, 0.15) is 11.3 Å². The standard InChI is InChI=1S/C15H23NO3/c1-6-16(15(3,4)14(17)18)10-12-9-11(2)7-8-13(12)19-5/h7-9H,6,10H2,1-5H3,(H,17,18). The number of benzene rings is 1. The van der Waals surface area contributed by atoms with Gasteiger partial charge in [-0.15, -0.1) is 0 Å². The van der Waals surface area contributed by atoms with Crippen molar-refractivity contribution < 1.29 is 14.6 Å². The highest BCUT2D eigenvalue weighted by Crippen LogP contribution is 2.25. The Balaban J connectivity index is 3.05. The Morgan fingerprint density at radius 3 is 2.53 bits per heavy atom. The zero-order valence-corrected chi connectivity index (χ0v) is 12.4. The van der Waals surface area contributed by atoms with Gasteiger partial charge in [-0.05, 0) is 33.4 Å². The van der Waals surface area contributed by atoms with Crippen molar-refractivity contribution in [1.29, 1.82) is 0 Å². The average molecular weight is 265 g/mol. The molecule has 1 aromatic carbocycles. The molecular weight excluding hydrogens is 242 g/mol. The van der Waals surface area contributed by atoms with E-state index < -0.39 is 11.5 Å². The molecule has 0 saturated heterocycles. The van der Waals surface area contributed by atoms with Gasteiger partial charge in [-0.2, -0.15) is 0 Å². The van der Waals surface area contributed by atoms with Crippen LogP contribution in [0.15, 0.2) is 18.2 Å². The minimum atomic E-state index is -0.899. The van der Waals surface area contributed by atoms with E-state index in [1.807, 2.05) is 36.9 Å². The number of hydrogen-bond acceptors (Lipinski definition) is 3. The van der Waals surface area contributed by atoms with E-state index in [1.54, 1.807) is 21.0 Å². The normalized spacial score (nSPS) is 11.7. The van der Waals surface area contributed by atoms with Crippen LogP contribution in [0.3, 0.4) is 0 Å². The molecule has 106 valence electrons. The van der Waals surface area contributed by atoms with Crippen molar-refractivity contribution in [1.82, 2.24) is 4.90 Å². The summed E-state index contributed by atoms with van der Waals surface area (Å²) in [5, 5.41) is 9.33. The maximum Gasteiger partial charge on any atom is 0.323 e. The maximum atomic E-state index is 11.4. The molecule has 0 amide bonds. The first-order valence-corrected chi connectivity index (χ1v) is 6.44. The lowest BCUT2D eigenvalue weighted by Crippen LogP contribution is -2.49. The van der Waals surface area contributed by atoms with E-state index in [-0.39, 0.29) is 0 Å². The van der Waals surface area contributed by atoms with E-state index >= 15 is 0 Å². The van der Waals surface area contributed by atoms with Crippen molar-refractivity contribution in [3.8, 4) is 5.75 Å². The third-order valence-electron chi connectivity index (χ3n) is 3.49. The van der Waals surface area contributed by atoms with Crippen LogP contribution >= 0.6 is 0 Å². The molecule has 0 aromatic heterocycles. The Labute approximate surface area is 115 Å². The molecule has 4 heteroatoms. The lowest BCUT2D eigenvalue weighted by atomic mass is 10.0. The molecule has 4 nitrogen and oxygen atoms in total. The Morgan fingerprint density at radius 1 is 1.42 bits per heavy atom. The van der Waals surface area contributed by atoms with E-state index in [0.29, 0.717) is 13.1 Å². The van der Waals surface area contributed by atoms with Crippen LogP contribution in [0.25, 0.3) is 0 Å². The van der Waals surface area contributed by atoms with Gasteiger partial charge in [0.2, 0.25) is 0 Å². The van der Waals surface area contributed by atoms with Gasteiger partial charge in [0.05, 0.1) is 7.11 Å². The summed E-state index contributed by atoms with van der Waals surface area (Å²) in [5.41, 5.74) is 1.25. The second kappa shape index (κ2) is 6.06. The maximum absolute atomic E-state index is 11.4. The molecule has 0 heterocycles. The van der Waals surface area contributed by atoms with Gasteiger partial charge in [0.15, 0.2) is 0 Å². The van der Waals surface area contributed by atoms with Crippen LogP contribution in [0.2, 0.25) is 0 Å². The molecule has 1 rings (SSSR count). The van der Waals surface area contributed by atoms with Crippen LogP contribution in [0.5, 0.6) is 5.75 Å². The second-order valence-electron chi connectivity index (χ2n) is 5.19. The lowest BCUT2D eigenvalue weighted by Gasteiger charge is -2.34. The first-order chi connectivity index (χ1) is 8.82. The molecule has 0 unspecified atom stereocenters.